The Morgan fingerprint density at radius 2 is 1.68 bits per heavy atom. The normalized spacial score (nSPS) is 11.4. The maximum Gasteiger partial charge on any atom is 0.264 e. The average Bonchev–Trinajstić information content (AvgIpc) is 2.84. The van der Waals surface area contributed by atoms with E-state index in [1.807, 2.05) is 43.3 Å². The van der Waals surface area contributed by atoms with Gasteiger partial charge in [0.1, 0.15) is 5.56 Å². The highest BCUT2D eigenvalue weighted by molar-refractivity contribution is 7.92. The molecule has 1 amide bonds. The van der Waals surface area contributed by atoms with Gasteiger partial charge in [0, 0.05) is 37.7 Å². The molecule has 34 heavy (non-hydrogen) atoms. The van der Waals surface area contributed by atoms with Gasteiger partial charge in [0.05, 0.1) is 10.6 Å². The van der Waals surface area contributed by atoms with Gasteiger partial charge in [-0.3, -0.25) is 13.9 Å². The van der Waals surface area contributed by atoms with Gasteiger partial charge in [-0.15, -0.1) is 0 Å². The molecule has 1 heterocycles. The van der Waals surface area contributed by atoms with E-state index in [1.54, 1.807) is 25.2 Å². The first-order valence-electron chi connectivity index (χ1n) is 10.7. The van der Waals surface area contributed by atoms with E-state index >= 15 is 0 Å². The van der Waals surface area contributed by atoms with Crippen LogP contribution < -0.4 is 9.73 Å². The predicted molar refractivity (Wildman–Crippen MR) is 134 cm³/mol. The van der Waals surface area contributed by atoms with Crippen molar-refractivity contribution in [2.45, 2.75) is 18.4 Å². The number of hydrogen-bond donors (Lipinski definition) is 1. The van der Waals surface area contributed by atoms with E-state index in [-0.39, 0.29) is 15.8 Å². The molecular formula is C26H25N3O4S. The molecule has 0 aliphatic rings. The van der Waals surface area contributed by atoms with Gasteiger partial charge in [-0.05, 0) is 48.4 Å². The Bertz CT molecular complexity index is 1530. The molecule has 0 saturated heterocycles. The van der Waals surface area contributed by atoms with Gasteiger partial charge in [-0.25, -0.2) is 8.42 Å². The summed E-state index contributed by atoms with van der Waals surface area (Å²) in [5.74, 6) is -0.447. The fourth-order valence-electron chi connectivity index (χ4n) is 3.77. The zero-order valence-electron chi connectivity index (χ0n) is 19.1. The second-order valence-electron chi connectivity index (χ2n) is 8.20. The molecular weight excluding hydrogens is 450 g/mol. The number of sulfonamides is 1. The summed E-state index contributed by atoms with van der Waals surface area (Å²) in [5.41, 5.74) is 2.26. The van der Waals surface area contributed by atoms with Gasteiger partial charge < -0.3 is 9.88 Å². The molecule has 1 aromatic heterocycles. The van der Waals surface area contributed by atoms with Crippen molar-refractivity contribution in [2.24, 2.45) is 0 Å². The van der Waals surface area contributed by atoms with Gasteiger partial charge in [-0.1, -0.05) is 42.5 Å². The number of nitrogens with one attached hydrogen (secondary N) is 1. The smallest absolute Gasteiger partial charge is 0.264 e. The molecule has 0 atom stereocenters. The number of aryl methyl sites for hydroxylation is 1. The van der Waals surface area contributed by atoms with Crippen LogP contribution in [0.25, 0.3) is 10.9 Å². The van der Waals surface area contributed by atoms with Crippen molar-refractivity contribution in [3.63, 3.8) is 0 Å². The highest BCUT2D eigenvalue weighted by atomic mass is 32.2. The van der Waals surface area contributed by atoms with Gasteiger partial charge in [0.15, 0.2) is 0 Å². The Kier molecular flexibility index (Phi) is 6.26. The van der Waals surface area contributed by atoms with Gasteiger partial charge in [0.25, 0.3) is 15.9 Å². The molecule has 3 aromatic carbocycles. The lowest BCUT2D eigenvalue weighted by atomic mass is 10.1. The van der Waals surface area contributed by atoms with Crippen LogP contribution in [0.1, 0.15) is 21.5 Å². The number of benzene rings is 3. The Labute approximate surface area is 198 Å². The van der Waals surface area contributed by atoms with Crippen molar-refractivity contribution in [3.8, 4) is 0 Å². The van der Waals surface area contributed by atoms with E-state index in [0.29, 0.717) is 17.7 Å². The van der Waals surface area contributed by atoms with E-state index in [2.05, 4.69) is 4.98 Å². The fourth-order valence-corrected chi connectivity index (χ4v) is 4.99. The number of H-pyrrole nitrogens is 1. The van der Waals surface area contributed by atoms with Gasteiger partial charge >= 0.3 is 0 Å². The van der Waals surface area contributed by atoms with Gasteiger partial charge in [0.2, 0.25) is 5.43 Å². The topological polar surface area (TPSA) is 90.6 Å². The summed E-state index contributed by atoms with van der Waals surface area (Å²) in [6.07, 6.45) is 1.38. The van der Waals surface area contributed by atoms with Crippen molar-refractivity contribution in [2.75, 3.05) is 18.4 Å². The predicted octanol–water partition coefficient (Wildman–Crippen LogP) is 3.93. The van der Waals surface area contributed by atoms with Crippen LogP contribution in [0.3, 0.4) is 0 Å². The summed E-state index contributed by atoms with van der Waals surface area (Å²) < 4.78 is 27.7. The number of fused-ring (bicyclic) bond motifs is 1. The summed E-state index contributed by atoms with van der Waals surface area (Å²) in [6, 6.07) is 20.9. The third-order valence-electron chi connectivity index (χ3n) is 5.72. The molecule has 0 saturated carbocycles. The summed E-state index contributed by atoms with van der Waals surface area (Å²) in [6.45, 7) is 2.22. The number of aromatic nitrogens is 1. The van der Waals surface area contributed by atoms with E-state index in [9.17, 15) is 18.0 Å². The van der Waals surface area contributed by atoms with Crippen LogP contribution in [0.2, 0.25) is 0 Å². The first-order valence-corrected chi connectivity index (χ1v) is 12.1. The fraction of sp³-hybridized carbons (Fsp3) is 0.154. The number of hydrogen-bond acceptors (Lipinski definition) is 4. The zero-order chi connectivity index (χ0) is 24.5. The van der Waals surface area contributed by atoms with Crippen LogP contribution in [-0.4, -0.2) is 38.3 Å². The van der Waals surface area contributed by atoms with E-state index in [1.165, 1.54) is 40.6 Å². The molecule has 1 N–H and O–H groups in total. The lowest BCUT2D eigenvalue weighted by Gasteiger charge is -2.20. The maximum absolute atomic E-state index is 13.3. The molecule has 4 rings (SSSR count). The summed E-state index contributed by atoms with van der Waals surface area (Å²) in [4.78, 5) is 30.6. The van der Waals surface area contributed by atoms with Crippen molar-refractivity contribution in [3.05, 3.63) is 106 Å². The highest BCUT2D eigenvalue weighted by Gasteiger charge is 2.23. The molecule has 0 spiro atoms. The van der Waals surface area contributed by atoms with Crippen LogP contribution in [-0.2, 0) is 16.6 Å². The second-order valence-corrected chi connectivity index (χ2v) is 10.2. The quantitative estimate of drug-likeness (QED) is 0.457. The van der Waals surface area contributed by atoms with Crippen LogP contribution in [0.15, 0.2) is 88.7 Å². The number of pyridine rings is 1. The minimum Gasteiger partial charge on any atom is -0.360 e. The van der Waals surface area contributed by atoms with E-state index in [0.717, 1.165) is 11.1 Å². The Hall–Kier alpha value is -3.91. The van der Waals surface area contributed by atoms with Crippen LogP contribution in [0.4, 0.5) is 5.69 Å². The SMILES string of the molecule is Cc1cccc(N(C)S(=O)(=O)c2ccc3[nH]cc(C(=O)N(C)Cc4ccccc4)c(=O)c3c2)c1. The third kappa shape index (κ3) is 4.45. The largest absolute Gasteiger partial charge is 0.360 e. The first-order chi connectivity index (χ1) is 16.2. The first kappa shape index (κ1) is 23.3. The number of carbonyl (C=O) groups is 1. The lowest BCUT2D eigenvalue weighted by molar-refractivity contribution is 0.0783. The third-order valence-corrected chi connectivity index (χ3v) is 7.50. The molecule has 4 aromatic rings. The number of nitrogens with zero attached hydrogens (tertiary/aromatic N) is 2. The Balaban J connectivity index is 1.70. The minimum atomic E-state index is -3.92. The number of rotatable bonds is 6. The molecule has 0 unspecified atom stereocenters. The summed E-state index contributed by atoms with van der Waals surface area (Å²) in [7, 11) is -0.831. The second kappa shape index (κ2) is 9.15. The molecule has 0 aliphatic heterocycles. The minimum absolute atomic E-state index is 0.0308. The Morgan fingerprint density at radius 1 is 0.941 bits per heavy atom. The molecule has 174 valence electrons. The number of aromatic amines is 1. The Morgan fingerprint density at radius 3 is 2.38 bits per heavy atom. The zero-order valence-corrected chi connectivity index (χ0v) is 20.0. The molecule has 7 nitrogen and oxygen atoms in total. The number of anilines is 1. The monoisotopic (exact) mass is 475 g/mol. The van der Waals surface area contributed by atoms with Crippen molar-refractivity contribution in [1.29, 1.82) is 0 Å². The number of amides is 1. The van der Waals surface area contributed by atoms with Crippen molar-refractivity contribution < 1.29 is 13.2 Å². The lowest BCUT2D eigenvalue weighted by Crippen LogP contribution is -2.31. The number of carbonyl (C=O) groups excluding carboxylic acids is 1. The van der Waals surface area contributed by atoms with Crippen molar-refractivity contribution in [1.82, 2.24) is 9.88 Å². The van der Waals surface area contributed by atoms with Crippen molar-refractivity contribution >= 4 is 32.5 Å². The van der Waals surface area contributed by atoms with Crippen LogP contribution in [0.5, 0.6) is 0 Å². The molecule has 0 fully saturated rings. The highest BCUT2D eigenvalue weighted by Crippen LogP contribution is 2.24. The van der Waals surface area contributed by atoms with Crippen LogP contribution in [0, 0.1) is 6.92 Å². The molecule has 0 radical (unpaired) electrons. The average molecular weight is 476 g/mol. The summed E-state index contributed by atoms with van der Waals surface area (Å²) in [5, 5.41) is 0.137. The van der Waals surface area contributed by atoms with Gasteiger partial charge in [-0.2, -0.15) is 0 Å². The molecule has 0 bridgehead atoms. The molecule has 8 heteroatoms. The molecule has 0 aliphatic carbocycles. The van der Waals surface area contributed by atoms with Crippen LogP contribution >= 0.6 is 0 Å². The maximum atomic E-state index is 13.3. The summed E-state index contributed by atoms with van der Waals surface area (Å²) >= 11 is 0. The standard InChI is InChI=1S/C26H25N3O4S/c1-18-8-7-11-20(14-18)29(3)34(32,33)21-12-13-24-22(15-21)25(30)23(16-27-24)26(31)28(2)17-19-9-5-4-6-10-19/h4-16H,17H2,1-3H3,(H,27,30). The van der Waals surface area contributed by atoms with E-state index in [4.69, 9.17) is 0 Å². The van der Waals surface area contributed by atoms with E-state index < -0.39 is 21.4 Å².